The Kier molecular flexibility index (Phi) is 4.19. The monoisotopic (exact) mass is 264 g/mol. The average molecular weight is 264 g/mol. The lowest BCUT2D eigenvalue weighted by Crippen LogP contribution is -2.07. The minimum Gasteiger partial charge on any atom is -0.508 e. The van der Waals surface area contributed by atoms with Crippen molar-refractivity contribution in [2.75, 3.05) is 22.9 Å². The minimum atomic E-state index is 0.0317. The first-order valence-corrected chi connectivity index (χ1v) is 5.24. The number of rotatable bonds is 0. The van der Waals surface area contributed by atoms with E-state index in [9.17, 15) is 0 Å². The van der Waals surface area contributed by atoms with Gasteiger partial charge in [-0.3, -0.25) is 0 Å². The summed E-state index contributed by atoms with van der Waals surface area (Å²) in [7, 11) is 0. The lowest BCUT2D eigenvalue weighted by molar-refractivity contribution is 0.443. The summed E-state index contributed by atoms with van der Waals surface area (Å²) in [5.74, 6) is 0.532. The fourth-order valence-corrected chi connectivity index (χ4v) is 1.14. The first kappa shape index (κ1) is 14.2. The molecule has 8 heteroatoms. The van der Waals surface area contributed by atoms with Crippen molar-refractivity contribution in [3.8, 4) is 11.5 Å². The summed E-state index contributed by atoms with van der Waals surface area (Å²) in [5.41, 5.74) is 21.8. The lowest BCUT2D eigenvalue weighted by atomic mass is 10.2. The molecule has 0 aliphatic rings. The normalized spacial score (nSPS) is 9.53. The lowest BCUT2D eigenvalue weighted by Gasteiger charge is -2.01. The predicted octanol–water partition coefficient (Wildman–Crippen LogP) is 0.212. The van der Waals surface area contributed by atoms with Gasteiger partial charge in [0.05, 0.1) is 0 Å². The van der Waals surface area contributed by atoms with Crippen LogP contribution >= 0.6 is 0 Å². The molecule has 0 unspecified atom stereocenters. The van der Waals surface area contributed by atoms with Gasteiger partial charge in [-0.25, -0.2) is 0 Å². The number of hydrogen-bond acceptors (Lipinski definition) is 8. The van der Waals surface area contributed by atoms with E-state index in [2.05, 4.69) is 9.97 Å². The van der Waals surface area contributed by atoms with Crippen molar-refractivity contribution in [3.05, 3.63) is 23.8 Å². The van der Waals surface area contributed by atoms with E-state index in [1.807, 2.05) is 0 Å². The van der Waals surface area contributed by atoms with Gasteiger partial charge in [-0.05, 0) is 19.1 Å². The van der Waals surface area contributed by atoms with Crippen LogP contribution in [0.4, 0.5) is 23.3 Å². The highest BCUT2D eigenvalue weighted by molar-refractivity contribution is 5.71. The number of phenolic OH excluding ortho intramolecular Hbond substituents is 2. The molecule has 0 saturated carbocycles. The van der Waals surface area contributed by atoms with Crippen molar-refractivity contribution in [2.45, 2.75) is 6.92 Å². The second kappa shape index (κ2) is 5.63. The van der Waals surface area contributed by atoms with Crippen LogP contribution in [0.5, 0.6) is 11.5 Å². The van der Waals surface area contributed by atoms with Crippen molar-refractivity contribution in [3.63, 3.8) is 0 Å². The minimum absolute atomic E-state index is 0.0317. The number of nitrogens with zero attached hydrogens (tertiary/aromatic N) is 2. The Balaban J connectivity index is 0.000000191. The molecule has 10 N–H and O–H groups in total. The summed E-state index contributed by atoms with van der Waals surface area (Å²) < 4.78 is 0. The van der Waals surface area contributed by atoms with Crippen LogP contribution < -0.4 is 22.9 Å². The van der Waals surface area contributed by atoms with E-state index in [0.29, 0.717) is 5.56 Å². The van der Waals surface area contributed by atoms with Crippen molar-refractivity contribution < 1.29 is 10.2 Å². The van der Waals surface area contributed by atoms with Gasteiger partial charge in [-0.1, -0.05) is 6.07 Å². The molecule has 0 amide bonds. The zero-order chi connectivity index (χ0) is 14.6. The fourth-order valence-electron chi connectivity index (χ4n) is 1.14. The molecule has 0 spiro atoms. The Morgan fingerprint density at radius 2 is 1.32 bits per heavy atom. The number of nitrogens with two attached hydrogens (primary N) is 4. The van der Waals surface area contributed by atoms with Crippen LogP contribution in [0.25, 0.3) is 0 Å². The zero-order valence-electron chi connectivity index (χ0n) is 10.3. The Hall–Kier alpha value is -2.90. The van der Waals surface area contributed by atoms with Gasteiger partial charge in [0.15, 0.2) is 11.6 Å². The third-order valence-corrected chi connectivity index (χ3v) is 2.30. The number of anilines is 4. The van der Waals surface area contributed by atoms with Crippen LogP contribution in [0.1, 0.15) is 5.56 Å². The summed E-state index contributed by atoms with van der Waals surface area (Å²) >= 11 is 0. The van der Waals surface area contributed by atoms with Crippen LogP contribution in [-0.2, 0) is 0 Å². The zero-order valence-corrected chi connectivity index (χ0v) is 10.3. The smallest absolute Gasteiger partial charge is 0.224 e. The maximum Gasteiger partial charge on any atom is 0.224 e. The van der Waals surface area contributed by atoms with E-state index in [1.54, 1.807) is 13.0 Å². The molecule has 2 aromatic rings. The number of benzene rings is 1. The SMILES string of the molecule is Cc1c(O)cccc1O.Nc1nc(N)c(N)c(N)n1. The van der Waals surface area contributed by atoms with Crippen molar-refractivity contribution in [2.24, 2.45) is 0 Å². The summed E-state index contributed by atoms with van der Waals surface area (Å²) in [4.78, 5) is 7.15. The second-order valence-electron chi connectivity index (χ2n) is 3.69. The van der Waals surface area contributed by atoms with Crippen LogP contribution in [0, 0.1) is 6.92 Å². The van der Waals surface area contributed by atoms with Crippen molar-refractivity contribution >= 4 is 23.3 Å². The highest BCUT2D eigenvalue weighted by Crippen LogP contribution is 2.23. The van der Waals surface area contributed by atoms with Crippen LogP contribution in [0.15, 0.2) is 18.2 Å². The predicted molar refractivity (Wildman–Crippen MR) is 74.2 cm³/mol. The van der Waals surface area contributed by atoms with Gasteiger partial charge in [0.1, 0.15) is 17.2 Å². The van der Waals surface area contributed by atoms with Crippen LogP contribution in [0.3, 0.4) is 0 Å². The Labute approximate surface area is 109 Å². The molecule has 8 nitrogen and oxygen atoms in total. The highest BCUT2D eigenvalue weighted by atomic mass is 16.3. The van der Waals surface area contributed by atoms with Crippen LogP contribution in [0.2, 0.25) is 0 Å². The molecule has 2 rings (SSSR count). The molecule has 0 radical (unpaired) electrons. The second-order valence-corrected chi connectivity index (χ2v) is 3.69. The van der Waals surface area contributed by atoms with Crippen molar-refractivity contribution in [1.82, 2.24) is 9.97 Å². The van der Waals surface area contributed by atoms with E-state index in [-0.39, 0.29) is 34.8 Å². The molecule has 0 aliphatic heterocycles. The van der Waals surface area contributed by atoms with Gasteiger partial charge in [-0.2, -0.15) is 9.97 Å². The number of nitrogen functional groups attached to an aromatic ring is 4. The fraction of sp³-hybridized carbons (Fsp3) is 0.0909. The molecule has 102 valence electrons. The van der Waals surface area contributed by atoms with E-state index >= 15 is 0 Å². The molecular weight excluding hydrogens is 248 g/mol. The van der Waals surface area contributed by atoms with Gasteiger partial charge < -0.3 is 33.1 Å². The Bertz CT molecular complexity index is 544. The molecule has 0 fully saturated rings. The van der Waals surface area contributed by atoms with E-state index in [1.165, 1.54) is 12.1 Å². The summed E-state index contributed by atoms with van der Waals surface area (Å²) in [6, 6.07) is 4.67. The van der Waals surface area contributed by atoms with Gasteiger partial charge in [0, 0.05) is 5.56 Å². The van der Waals surface area contributed by atoms with E-state index < -0.39 is 0 Å². The molecule has 0 saturated heterocycles. The third kappa shape index (κ3) is 3.53. The first-order chi connectivity index (χ1) is 8.82. The molecular formula is C11H16N6O2. The van der Waals surface area contributed by atoms with E-state index in [0.717, 1.165) is 0 Å². The molecule has 1 aromatic carbocycles. The largest absolute Gasteiger partial charge is 0.508 e. The standard InChI is InChI=1S/C7H8O2.C4H8N6/c1-5-6(8)3-2-4-7(5)9;5-1-2(6)9-4(8)10-3(1)7/h2-4,8-9H,1H3;5H2,(H6,6,7,8,9,10). The molecule has 1 heterocycles. The number of hydrogen-bond donors (Lipinski definition) is 6. The molecule has 0 aliphatic carbocycles. The molecule has 1 aromatic heterocycles. The maximum absolute atomic E-state index is 8.94. The number of aromatic nitrogens is 2. The average Bonchev–Trinajstić information content (AvgIpc) is 2.33. The molecule has 0 bridgehead atoms. The molecule has 19 heavy (non-hydrogen) atoms. The highest BCUT2D eigenvalue weighted by Gasteiger charge is 2.02. The molecule has 0 atom stereocenters. The summed E-state index contributed by atoms with van der Waals surface area (Å²) in [6.07, 6.45) is 0. The van der Waals surface area contributed by atoms with Gasteiger partial charge in [0.2, 0.25) is 5.95 Å². The summed E-state index contributed by atoms with van der Waals surface area (Å²) in [5, 5.41) is 17.9. The van der Waals surface area contributed by atoms with Crippen molar-refractivity contribution in [1.29, 1.82) is 0 Å². The van der Waals surface area contributed by atoms with Crippen LogP contribution in [-0.4, -0.2) is 20.2 Å². The summed E-state index contributed by atoms with van der Waals surface area (Å²) in [6.45, 7) is 1.66. The van der Waals surface area contributed by atoms with Gasteiger partial charge in [-0.15, -0.1) is 0 Å². The van der Waals surface area contributed by atoms with Gasteiger partial charge in [0.25, 0.3) is 0 Å². The van der Waals surface area contributed by atoms with E-state index in [4.69, 9.17) is 33.1 Å². The Morgan fingerprint density at radius 1 is 0.895 bits per heavy atom. The topological polar surface area (TPSA) is 170 Å². The first-order valence-electron chi connectivity index (χ1n) is 5.24. The third-order valence-electron chi connectivity index (χ3n) is 2.30. The number of phenols is 2. The quantitative estimate of drug-likeness (QED) is 0.392. The maximum atomic E-state index is 8.94. The Morgan fingerprint density at radius 3 is 1.68 bits per heavy atom. The van der Waals surface area contributed by atoms with Gasteiger partial charge >= 0.3 is 0 Å². The number of aromatic hydroxyl groups is 2.